The van der Waals surface area contributed by atoms with Gasteiger partial charge in [-0.1, -0.05) is 12.1 Å². The topological polar surface area (TPSA) is 97.5 Å². The monoisotopic (exact) mass is 229 g/mol. The Kier molecular flexibility index (Phi) is 3.17. The zero-order chi connectivity index (χ0) is 11.5. The fourth-order valence-electron chi connectivity index (χ4n) is 0.907. The molecule has 0 saturated heterocycles. The molecule has 6 nitrogen and oxygen atoms in total. The van der Waals surface area contributed by atoms with Crippen LogP contribution in [0.5, 0.6) is 0 Å². The van der Waals surface area contributed by atoms with Gasteiger partial charge >= 0.3 is 0 Å². The van der Waals surface area contributed by atoms with Crippen molar-refractivity contribution in [1.29, 1.82) is 0 Å². The van der Waals surface area contributed by atoms with Gasteiger partial charge in [-0.05, 0) is 11.6 Å². The molecule has 0 aliphatic heterocycles. The Balaban J connectivity index is 3.02. The van der Waals surface area contributed by atoms with E-state index in [0.29, 0.717) is 11.0 Å². The number of benzene rings is 1. The lowest BCUT2D eigenvalue weighted by molar-refractivity contribution is -0.384. The van der Waals surface area contributed by atoms with E-state index in [1.807, 2.05) is 0 Å². The van der Waals surface area contributed by atoms with Crippen molar-refractivity contribution in [1.82, 2.24) is 0 Å². The van der Waals surface area contributed by atoms with E-state index >= 15 is 0 Å². The molecule has 1 rings (SSSR count). The highest BCUT2D eigenvalue weighted by atomic mass is 32.2. The van der Waals surface area contributed by atoms with Crippen molar-refractivity contribution in [2.24, 2.45) is 0 Å². The van der Waals surface area contributed by atoms with E-state index in [9.17, 15) is 18.5 Å². The first-order chi connectivity index (χ1) is 6.88. The second-order valence-corrected chi connectivity index (χ2v) is 3.97. The Morgan fingerprint density at radius 2 is 2.07 bits per heavy atom. The van der Waals surface area contributed by atoms with E-state index in [2.05, 4.69) is 0 Å². The maximum absolute atomic E-state index is 10.4. The zero-order valence-electron chi connectivity index (χ0n) is 7.40. The summed E-state index contributed by atoms with van der Waals surface area (Å²) in [5, 5.41) is 10.9. The Morgan fingerprint density at radius 3 is 2.60 bits per heavy atom. The minimum atomic E-state index is -4.21. The Hall–Kier alpha value is -1.73. The molecule has 0 atom stereocenters. The van der Waals surface area contributed by atoms with E-state index < -0.39 is 15.0 Å². The lowest BCUT2D eigenvalue weighted by atomic mass is 10.2. The van der Waals surface area contributed by atoms with E-state index in [1.165, 1.54) is 24.3 Å². The van der Waals surface area contributed by atoms with Gasteiger partial charge in [0.2, 0.25) is 0 Å². The van der Waals surface area contributed by atoms with Crippen LogP contribution < -0.4 is 0 Å². The highest BCUT2D eigenvalue weighted by Gasteiger charge is 2.04. The summed E-state index contributed by atoms with van der Waals surface area (Å²) in [5.41, 5.74) is 0.175. The number of nitro groups is 1. The molecule has 80 valence electrons. The van der Waals surface area contributed by atoms with Crippen molar-refractivity contribution in [3.63, 3.8) is 0 Å². The summed E-state index contributed by atoms with van der Waals surface area (Å²) >= 11 is 0. The fraction of sp³-hybridized carbons (Fsp3) is 0. The third kappa shape index (κ3) is 3.88. The Labute approximate surface area is 85.8 Å². The highest BCUT2D eigenvalue weighted by molar-refractivity contribution is 7.88. The minimum Gasteiger partial charge on any atom is -0.282 e. The molecule has 0 aromatic heterocycles. The number of nitrogens with zero attached hydrogens (tertiary/aromatic N) is 1. The van der Waals surface area contributed by atoms with Gasteiger partial charge in [-0.15, -0.1) is 0 Å². The van der Waals surface area contributed by atoms with Gasteiger partial charge in [-0.3, -0.25) is 14.7 Å². The SMILES string of the molecule is O=[N+]([O-])c1cccc(/C=C/S(=O)(=O)O)c1. The molecule has 1 N–H and O–H groups in total. The molecule has 0 saturated carbocycles. The minimum absolute atomic E-state index is 0.146. The molecule has 0 heterocycles. The van der Waals surface area contributed by atoms with Gasteiger partial charge in [0.1, 0.15) is 0 Å². The van der Waals surface area contributed by atoms with Crippen LogP contribution in [0.1, 0.15) is 5.56 Å². The maximum Gasteiger partial charge on any atom is 0.287 e. The van der Waals surface area contributed by atoms with E-state index in [1.54, 1.807) is 0 Å². The third-order valence-corrected chi connectivity index (χ3v) is 1.99. The van der Waals surface area contributed by atoms with Crippen molar-refractivity contribution in [2.45, 2.75) is 0 Å². The average Bonchev–Trinajstić information content (AvgIpc) is 2.14. The molecule has 1 aromatic carbocycles. The predicted molar refractivity (Wildman–Crippen MR) is 53.7 cm³/mol. The second kappa shape index (κ2) is 4.20. The average molecular weight is 229 g/mol. The van der Waals surface area contributed by atoms with E-state index in [-0.39, 0.29) is 5.69 Å². The summed E-state index contributed by atoms with van der Waals surface area (Å²) in [6.07, 6.45) is 1.07. The van der Waals surface area contributed by atoms with Gasteiger partial charge in [-0.2, -0.15) is 8.42 Å². The van der Waals surface area contributed by atoms with Crippen molar-refractivity contribution in [3.05, 3.63) is 45.4 Å². The molecule has 0 radical (unpaired) electrons. The van der Waals surface area contributed by atoms with Crippen LogP contribution in [0, 0.1) is 10.1 Å². The molecule has 1 aromatic rings. The summed E-state index contributed by atoms with van der Waals surface area (Å²) < 4.78 is 29.1. The van der Waals surface area contributed by atoms with Crippen LogP contribution in [-0.2, 0) is 10.1 Å². The van der Waals surface area contributed by atoms with E-state index in [0.717, 1.165) is 6.08 Å². The summed E-state index contributed by atoms with van der Waals surface area (Å²) in [4.78, 5) is 9.78. The van der Waals surface area contributed by atoms with Gasteiger partial charge in [-0.25, -0.2) is 0 Å². The molecule has 0 fully saturated rings. The molecule has 0 aliphatic carbocycles. The van der Waals surface area contributed by atoms with Gasteiger partial charge < -0.3 is 0 Å². The van der Waals surface area contributed by atoms with Crippen LogP contribution in [0.15, 0.2) is 29.7 Å². The molecule has 0 bridgehead atoms. The van der Waals surface area contributed by atoms with Crippen LogP contribution in [-0.4, -0.2) is 17.9 Å². The van der Waals surface area contributed by atoms with Crippen molar-refractivity contribution < 1.29 is 17.9 Å². The first-order valence-electron chi connectivity index (χ1n) is 3.78. The number of nitro benzene ring substituents is 1. The third-order valence-electron chi connectivity index (χ3n) is 1.51. The number of hydrogen-bond donors (Lipinski definition) is 1. The van der Waals surface area contributed by atoms with Crippen LogP contribution in [0.25, 0.3) is 6.08 Å². The first kappa shape index (κ1) is 11.3. The summed E-state index contributed by atoms with van der Waals surface area (Å²) in [5.74, 6) is 0. The molecule has 0 spiro atoms. The van der Waals surface area contributed by atoms with E-state index in [4.69, 9.17) is 4.55 Å². The van der Waals surface area contributed by atoms with Crippen molar-refractivity contribution >= 4 is 21.9 Å². The molecule has 0 aliphatic rings. The van der Waals surface area contributed by atoms with Gasteiger partial charge in [0, 0.05) is 12.1 Å². The number of hydrogen-bond acceptors (Lipinski definition) is 4. The number of non-ortho nitro benzene ring substituents is 1. The molecule has 15 heavy (non-hydrogen) atoms. The summed E-state index contributed by atoms with van der Waals surface area (Å²) in [6.45, 7) is 0. The van der Waals surface area contributed by atoms with Crippen molar-refractivity contribution in [2.75, 3.05) is 0 Å². The standard InChI is InChI=1S/C8H7NO5S/c10-9(11)8-3-1-2-7(6-8)4-5-15(12,13)14/h1-6H,(H,12,13,14)/b5-4+. The fourth-order valence-corrected chi connectivity index (χ4v) is 1.24. The molecular weight excluding hydrogens is 222 g/mol. The summed E-state index contributed by atoms with van der Waals surface area (Å²) in [6, 6.07) is 5.38. The van der Waals surface area contributed by atoms with Crippen LogP contribution in [0.3, 0.4) is 0 Å². The van der Waals surface area contributed by atoms with Crippen LogP contribution in [0.2, 0.25) is 0 Å². The molecule has 0 amide bonds. The van der Waals surface area contributed by atoms with Gasteiger partial charge in [0.25, 0.3) is 15.8 Å². The maximum atomic E-state index is 10.4. The van der Waals surface area contributed by atoms with Crippen molar-refractivity contribution in [3.8, 4) is 0 Å². The molecule has 7 heteroatoms. The van der Waals surface area contributed by atoms with Gasteiger partial charge in [0.05, 0.1) is 10.3 Å². The quantitative estimate of drug-likeness (QED) is 0.480. The van der Waals surface area contributed by atoms with Gasteiger partial charge in [0.15, 0.2) is 0 Å². The Bertz CT molecular complexity index is 506. The second-order valence-electron chi connectivity index (χ2n) is 2.67. The first-order valence-corrected chi connectivity index (χ1v) is 5.29. The van der Waals surface area contributed by atoms with Crippen LogP contribution in [0.4, 0.5) is 5.69 Å². The molecule has 0 unspecified atom stereocenters. The zero-order valence-corrected chi connectivity index (χ0v) is 8.22. The molecular formula is C8H7NO5S. The largest absolute Gasteiger partial charge is 0.287 e. The van der Waals surface area contributed by atoms with Crippen LogP contribution >= 0.6 is 0 Å². The lowest BCUT2D eigenvalue weighted by Crippen LogP contribution is -1.90. The Morgan fingerprint density at radius 1 is 1.40 bits per heavy atom. The smallest absolute Gasteiger partial charge is 0.282 e. The lowest BCUT2D eigenvalue weighted by Gasteiger charge is -1.93. The summed E-state index contributed by atoms with van der Waals surface area (Å²) in [7, 11) is -4.21. The normalized spacial score (nSPS) is 11.8. The highest BCUT2D eigenvalue weighted by Crippen LogP contribution is 2.14. The number of rotatable bonds is 3. The predicted octanol–water partition coefficient (Wildman–Crippen LogP) is 1.45.